The average Bonchev–Trinajstić information content (AvgIpc) is 2.14. The molecule has 0 aromatic rings. The highest BCUT2D eigenvalue weighted by atomic mass is 16.6. The predicted octanol–water partition coefficient (Wildman–Crippen LogP) is 1.06. The lowest BCUT2D eigenvalue weighted by Crippen LogP contribution is -2.34. The molecule has 72 valence electrons. The van der Waals surface area contributed by atoms with Crippen LogP contribution in [0.2, 0.25) is 0 Å². The van der Waals surface area contributed by atoms with E-state index in [0.717, 1.165) is 19.1 Å². The summed E-state index contributed by atoms with van der Waals surface area (Å²) in [5.41, 5.74) is 2.69. The minimum Gasteiger partial charge on any atom is -0.314 e. The normalized spacial score (nSPS) is 24.2. The van der Waals surface area contributed by atoms with Crippen molar-refractivity contribution in [2.75, 3.05) is 20.2 Å². The molecule has 1 saturated heterocycles. The summed E-state index contributed by atoms with van der Waals surface area (Å²) in [6.07, 6.45) is 6.49. The fraction of sp³-hybridized carbons (Fsp3) is 1.00. The Morgan fingerprint density at radius 1 is 1.50 bits per heavy atom. The Balaban J connectivity index is 1.91. The van der Waals surface area contributed by atoms with Crippen molar-refractivity contribution >= 4 is 0 Å². The van der Waals surface area contributed by atoms with Crippen LogP contribution in [0.25, 0.3) is 0 Å². The molecule has 0 aliphatic carbocycles. The van der Waals surface area contributed by atoms with Crippen molar-refractivity contribution in [1.82, 2.24) is 10.8 Å². The molecule has 0 aromatic heterocycles. The molecule has 1 aliphatic heterocycles. The Morgan fingerprint density at radius 2 is 2.42 bits per heavy atom. The smallest absolute Gasteiger partial charge is 0.0682 e. The maximum atomic E-state index is 5.05. The van der Waals surface area contributed by atoms with Crippen molar-refractivity contribution in [1.29, 1.82) is 0 Å². The quantitative estimate of drug-likeness (QED) is 0.480. The lowest BCUT2D eigenvalue weighted by molar-refractivity contribution is 0.0535. The first-order chi connectivity index (χ1) is 5.93. The highest BCUT2D eigenvalue weighted by molar-refractivity contribution is 4.71. The first-order valence-electron chi connectivity index (χ1n) is 4.95. The maximum Gasteiger partial charge on any atom is 0.0682 e. The van der Waals surface area contributed by atoms with Crippen molar-refractivity contribution in [3.8, 4) is 0 Å². The van der Waals surface area contributed by atoms with Crippen molar-refractivity contribution in [2.24, 2.45) is 0 Å². The molecule has 1 atom stereocenters. The van der Waals surface area contributed by atoms with Crippen LogP contribution in [0.4, 0.5) is 0 Å². The van der Waals surface area contributed by atoms with Crippen LogP contribution in [0.1, 0.15) is 32.1 Å². The van der Waals surface area contributed by atoms with Crippen molar-refractivity contribution < 1.29 is 4.84 Å². The molecule has 0 saturated carbocycles. The van der Waals surface area contributed by atoms with E-state index >= 15 is 0 Å². The summed E-state index contributed by atoms with van der Waals surface area (Å²) < 4.78 is 0. The number of nitrogens with one attached hydrogen (secondary N) is 2. The van der Waals surface area contributed by atoms with Gasteiger partial charge < -0.3 is 10.2 Å². The number of rotatable bonds is 5. The predicted molar refractivity (Wildman–Crippen MR) is 49.9 cm³/mol. The van der Waals surface area contributed by atoms with Crippen LogP contribution in [0.5, 0.6) is 0 Å². The standard InChI is InChI=1S/C9H20N2O/c1-10-12-8-4-6-9-5-2-3-7-11-9/h9-11H,2-8H2,1H3. The maximum absolute atomic E-state index is 5.05. The lowest BCUT2D eigenvalue weighted by Gasteiger charge is -2.23. The Bertz CT molecular complexity index is 103. The molecule has 1 heterocycles. The topological polar surface area (TPSA) is 33.3 Å². The molecule has 2 N–H and O–H groups in total. The van der Waals surface area contributed by atoms with Gasteiger partial charge in [0.1, 0.15) is 0 Å². The molecule has 0 radical (unpaired) electrons. The highest BCUT2D eigenvalue weighted by Crippen LogP contribution is 2.11. The van der Waals surface area contributed by atoms with Crippen LogP contribution in [0.15, 0.2) is 0 Å². The van der Waals surface area contributed by atoms with E-state index in [4.69, 9.17) is 4.84 Å². The van der Waals surface area contributed by atoms with E-state index in [2.05, 4.69) is 10.8 Å². The largest absolute Gasteiger partial charge is 0.314 e. The zero-order chi connectivity index (χ0) is 8.65. The minimum absolute atomic E-state index is 0.749. The van der Waals surface area contributed by atoms with E-state index in [1.807, 2.05) is 0 Å². The zero-order valence-electron chi connectivity index (χ0n) is 7.94. The van der Waals surface area contributed by atoms with Crippen LogP contribution >= 0.6 is 0 Å². The average molecular weight is 172 g/mol. The van der Waals surface area contributed by atoms with Gasteiger partial charge in [0.15, 0.2) is 0 Å². The molecule has 0 amide bonds. The Kier molecular flexibility index (Phi) is 5.32. The highest BCUT2D eigenvalue weighted by Gasteiger charge is 2.11. The van der Waals surface area contributed by atoms with E-state index in [9.17, 15) is 0 Å². The number of hydrogen-bond acceptors (Lipinski definition) is 3. The second-order valence-electron chi connectivity index (χ2n) is 3.34. The van der Waals surface area contributed by atoms with Gasteiger partial charge in [-0.3, -0.25) is 0 Å². The van der Waals surface area contributed by atoms with Gasteiger partial charge in [0, 0.05) is 13.1 Å². The summed E-state index contributed by atoms with van der Waals surface area (Å²) >= 11 is 0. The summed E-state index contributed by atoms with van der Waals surface area (Å²) in [6.45, 7) is 2.03. The second-order valence-corrected chi connectivity index (χ2v) is 3.34. The van der Waals surface area contributed by atoms with Crippen LogP contribution in [-0.2, 0) is 4.84 Å². The van der Waals surface area contributed by atoms with E-state index in [-0.39, 0.29) is 0 Å². The third-order valence-electron chi connectivity index (χ3n) is 2.36. The Hall–Kier alpha value is -0.120. The van der Waals surface area contributed by atoms with Gasteiger partial charge in [0.05, 0.1) is 6.61 Å². The van der Waals surface area contributed by atoms with Gasteiger partial charge in [0.25, 0.3) is 0 Å². The molecule has 0 spiro atoms. The molecule has 3 nitrogen and oxygen atoms in total. The molecule has 3 heteroatoms. The first-order valence-corrected chi connectivity index (χ1v) is 4.95. The molecule has 12 heavy (non-hydrogen) atoms. The van der Waals surface area contributed by atoms with E-state index < -0.39 is 0 Å². The Labute approximate surface area is 74.8 Å². The van der Waals surface area contributed by atoms with Crippen LogP contribution in [0.3, 0.4) is 0 Å². The van der Waals surface area contributed by atoms with Gasteiger partial charge in [-0.1, -0.05) is 6.42 Å². The van der Waals surface area contributed by atoms with Gasteiger partial charge in [-0.25, -0.2) is 5.48 Å². The van der Waals surface area contributed by atoms with Crippen molar-refractivity contribution in [3.05, 3.63) is 0 Å². The Morgan fingerprint density at radius 3 is 3.08 bits per heavy atom. The lowest BCUT2D eigenvalue weighted by atomic mass is 10.0. The fourth-order valence-electron chi connectivity index (χ4n) is 1.67. The monoisotopic (exact) mass is 172 g/mol. The molecule has 1 aliphatic rings. The van der Waals surface area contributed by atoms with Crippen LogP contribution < -0.4 is 10.8 Å². The number of hydrogen-bond donors (Lipinski definition) is 2. The summed E-state index contributed by atoms with van der Waals surface area (Å²) in [7, 11) is 1.80. The third kappa shape index (κ3) is 4.04. The molecular weight excluding hydrogens is 152 g/mol. The van der Waals surface area contributed by atoms with Crippen molar-refractivity contribution in [3.63, 3.8) is 0 Å². The summed E-state index contributed by atoms with van der Waals surface area (Å²) in [5, 5.41) is 3.52. The number of piperidine rings is 1. The van der Waals surface area contributed by atoms with E-state index in [0.29, 0.717) is 0 Å². The van der Waals surface area contributed by atoms with Gasteiger partial charge in [-0.05, 0) is 32.2 Å². The van der Waals surface area contributed by atoms with Gasteiger partial charge in [0.2, 0.25) is 0 Å². The molecule has 1 unspecified atom stereocenters. The van der Waals surface area contributed by atoms with Gasteiger partial charge in [-0.2, -0.15) is 0 Å². The van der Waals surface area contributed by atoms with Crippen molar-refractivity contribution in [2.45, 2.75) is 38.1 Å². The molecule has 0 bridgehead atoms. The number of hydroxylamine groups is 1. The molecular formula is C9H20N2O. The zero-order valence-corrected chi connectivity index (χ0v) is 7.94. The first kappa shape index (κ1) is 9.96. The molecule has 0 aromatic carbocycles. The van der Waals surface area contributed by atoms with E-state index in [1.165, 1.54) is 32.2 Å². The fourth-order valence-corrected chi connectivity index (χ4v) is 1.67. The van der Waals surface area contributed by atoms with Gasteiger partial charge in [-0.15, -0.1) is 0 Å². The molecule has 1 rings (SSSR count). The van der Waals surface area contributed by atoms with Gasteiger partial charge >= 0.3 is 0 Å². The summed E-state index contributed by atoms with van der Waals surface area (Å²) in [6, 6.07) is 0.749. The third-order valence-corrected chi connectivity index (χ3v) is 2.36. The summed E-state index contributed by atoms with van der Waals surface area (Å²) in [4.78, 5) is 5.05. The molecule has 1 fully saturated rings. The van der Waals surface area contributed by atoms with E-state index in [1.54, 1.807) is 7.05 Å². The van der Waals surface area contributed by atoms with Crippen LogP contribution in [-0.4, -0.2) is 26.2 Å². The second kappa shape index (κ2) is 6.40. The minimum atomic E-state index is 0.749. The SMILES string of the molecule is CNOCCCC1CCCCN1. The summed E-state index contributed by atoms with van der Waals surface area (Å²) in [5.74, 6) is 0. The van der Waals surface area contributed by atoms with Crippen LogP contribution in [0, 0.1) is 0 Å².